The minimum atomic E-state index is -0.0839. The van der Waals surface area contributed by atoms with E-state index in [-0.39, 0.29) is 18.2 Å². The van der Waals surface area contributed by atoms with Gasteiger partial charge in [0.1, 0.15) is 0 Å². The maximum absolute atomic E-state index is 12.1. The second-order valence-electron chi connectivity index (χ2n) is 6.27. The van der Waals surface area contributed by atoms with E-state index >= 15 is 0 Å². The van der Waals surface area contributed by atoms with Crippen LogP contribution in [0.2, 0.25) is 0 Å². The number of hydrogen-bond acceptors (Lipinski definition) is 2. The van der Waals surface area contributed by atoms with Gasteiger partial charge in [0.05, 0.1) is 0 Å². The minimum absolute atomic E-state index is 0.0272. The van der Waals surface area contributed by atoms with Crippen molar-refractivity contribution in [3.8, 4) is 0 Å². The highest BCUT2D eigenvalue weighted by atomic mass is 16.2. The van der Waals surface area contributed by atoms with Gasteiger partial charge in [0.25, 0.3) is 0 Å². The van der Waals surface area contributed by atoms with E-state index in [1.165, 1.54) is 18.1 Å². The zero-order valence-corrected chi connectivity index (χ0v) is 15.2. The molecule has 0 atom stereocenters. The second kappa shape index (κ2) is 9.02. The van der Waals surface area contributed by atoms with Crippen molar-refractivity contribution in [2.24, 2.45) is 0 Å². The van der Waals surface area contributed by atoms with Gasteiger partial charge in [-0.3, -0.25) is 9.59 Å². The van der Waals surface area contributed by atoms with Crippen molar-refractivity contribution in [3.63, 3.8) is 0 Å². The van der Waals surface area contributed by atoms with Gasteiger partial charge >= 0.3 is 0 Å². The summed E-state index contributed by atoms with van der Waals surface area (Å²) in [7, 11) is 0. The second-order valence-corrected chi connectivity index (χ2v) is 6.27. The molecule has 0 aliphatic heterocycles. The predicted octanol–water partition coefficient (Wildman–Crippen LogP) is 3.93. The fourth-order valence-corrected chi connectivity index (χ4v) is 2.55. The largest absolute Gasteiger partial charge is 0.338 e. The van der Waals surface area contributed by atoms with Crippen molar-refractivity contribution in [1.29, 1.82) is 0 Å². The van der Waals surface area contributed by atoms with Crippen LogP contribution in [0.25, 0.3) is 0 Å². The Bertz CT molecular complexity index is 706. The van der Waals surface area contributed by atoms with Gasteiger partial charge in [-0.2, -0.15) is 0 Å². The fourth-order valence-electron chi connectivity index (χ4n) is 2.55. The number of benzene rings is 2. The van der Waals surface area contributed by atoms with Gasteiger partial charge in [0.15, 0.2) is 0 Å². The number of hydrogen-bond donors (Lipinski definition) is 1. The molecule has 1 N–H and O–H groups in total. The van der Waals surface area contributed by atoms with Gasteiger partial charge in [0.2, 0.25) is 11.8 Å². The number of aryl methyl sites for hydroxylation is 2. The Morgan fingerprint density at radius 3 is 2.12 bits per heavy atom. The van der Waals surface area contributed by atoms with Gasteiger partial charge in [-0.05, 0) is 36.6 Å². The summed E-state index contributed by atoms with van der Waals surface area (Å²) >= 11 is 0. The van der Waals surface area contributed by atoms with Crippen LogP contribution in [-0.2, 0) is 22.6 Å². The molecular weight excluding hydrogens is 312 g/mol. The van der Waals surface area contributed by atoms with E-state index in [4.69, 9.17) is 0 Å². The lowest BCUT2D eigenvalue weighted by Crippen LogP contribution is -2.31. The van der Waals surface area contributed by atoms with Gasteiger partial charge in [-0.1, -0.05) is 48.9 Å². The van der Waals surface area contributed by atoms with Crippen LogP contribution in [0, 0.1) is 6.92 Å². The highest BCUT2D eigenvalue weighted by Crippen LogP contribution is 2.11. The van der Waals surface area contributed by atoms with Crippen LogP contribution in [0.15, 0.2) is 48.5 Å². The molecule has 132 valence electrons. The van der Waals surface area contributed by atoms with Crippen molar-refractivity contribution < 1.29 is 9.59 Å². The molecule has 0 bridgehead atoms. The monoisotopic (exact) mass is 338 g/mol. The van der Waals surface area contributed by atoms with Crippen molar-refractivity contribution in [2.75, 3.05) is 11.9 Å². The molecule has 0 heterocycles. The normalized spacial score (nSPS) is 10.4. The van der Waals surface area contributed by atoms with E-state index in [0.717, 1.165) is 17.7 Å². The molecule has 0 radical (unpaired) electrons. The Hall–Kier alpha value is -2.62. The first-order valence-corrected chi connectivity index (χ1v) is 8.67. The zero-order chi connectivity index (χ0) is 18.2. The molecular formula is C21H26N2O2. The Morgan fingerprint density at radius 1 is 0.960 bits per heavy atom. The number of amides is 2. The summed E-state index contributed by atoms with van der Waals surface area (Å²) in [5, 5.41) is 2.88. The summed E-state index contributed by atoms with van der Waals surface area (Å²) in [6.07, 6.45) is 1.25. The summed E-state index contributed by atoms with van der Waals surface area (Å²) in [6, 6.07) is 15.9. The average molecular weight is 338 g/mol. The molecule has 0 aliphatic rings. The van der Waals surface area contributed by atoms with Gasteiger partial charge in [-0.15, -0.1) is 0 Å². The summed E-state index contributed by atoms with van der Waals surface area (Å²) < 4.78 is 0. The Balaban J connectivity index is 1.87. The van der Waals surface area contributed by atoms with Crippen molar-refractivity contribution in [3.05, 3.63) is 65.2 Å². The van der Waals surface area contributed by atoms with E-state index in [2.05, 4.69) is 12.2 Å². The smallest absolute Gasteiger partial charge is 0.226 e. The molecule has 4 heteroatoms. The lowest BCUT2D eigenvalue weighted by molar-refractivity contribution is -0.129. The molecule has 0 aliphatic carbocycles. The number of rotatable bonds is 7. The van der Waals surface area contributed by atoms with Gasteiger partial charge in [0, 0.05) is 32.1 Å². The van der Waals surface area contributed by atoms with Crippen LogP contribution in [0.1, 0.15) is 37.0 Å². The van der Waals surface area contributed by atoms with Crippen LogP contribution in [0.5, 0.6) is 0 Å². The average Bonchev–Trinajstić information content (AvgIpc) is 2.60. The molecule has 0 spiro atoms. The van der Waals surface area contributed by atoms with Crippen LogP contribution in [0.3, 0.4) is 0 Å². The molecule has 4 nitrogen and oxygen atoms in total. The molecule has 2 amide bonds. The van der Waals surface area contributed by atoms with Crippen LogP contribution in [0.4, 0.5) is 5.69 Å². The number of nitrogens with zero attached hydrogens (tertiary/aromatic N) is 1. The first-order valence-electron chi connectivity index (χ1n) is 8.67. The number of nitrogens with one attached hydrogen (secondary N) is 1. The summed E-state index contributed by atoms with van der Waals surface area (Å²) in [5.41, 5.74) is 4.27. The SMILES string of the molecule is CCc1ccc(NC(=O)CCN(Cc2ccc(C)cc2)C(C)=O)cc1. The molecule has 2 aromatic rings. The maximum atomic E-state index is 12.1. The van der Waals surface area contributed by atoms with Gasteiger partial charge in [-0.25, -0.2) is 0 Å². The van der Waals surface area contributed by atoms with E-state index in [1.807, 2.05) is 55.5 Å². The molecule has 0 saturated carbocycles. The number of carbonyl (C=O) groups is 2. The molecule has 2 rings (SSSR count). The number of anilines is 1. The first-order chi connectivity index (χ1) is 12.0. The minimum Gasteiger partial charge on any atom is -0.338 e. The van der Waals surface area contributed by atoms with Crippen LogP contribution >= 0.6 is 0 Å². The fraction of sp³-hybridized carbons (Fsp3) is 0.333. The topological polar surface area (TPSA) is 49.4 Å². The first kappa shape index (κ1) is 18.7. The number of carbonyl (C=O) groups excluding carboxylic acids is 2. The van der Waals surface area contributed by atoms with Gasteiger partial charge < -0.3 is 10.2 Å². The standard InChI is InChI=1S/C21H26N2O2/c1-4-18-9-11-20(12-10-18)22-21(25)13-14-23(17(3)24)15-19-7-5-16(2)6-8-19/h5-12H,4,13-15H2,1-3H3,(H,22,25). The summed E-state index contributed by atoms with van der Waals surface area (Å²) in [4.78, 5) is 25.7. The quantitative estimate of drug-likeness (QED) is 0.831. The molecule has 2 aromatic carbocycles. The van der Waals surface area contributed by atoms with E-state index in [0.29, 0.717) is 13.1 Å². The highest BCUT2D eigenvalue weighted by molar-refractivity contribution is 5.91. The molecule has 0 unspecified atom stereocenters. The Kier molecular flexibility index (Phi) is 6.75. The third-order valence-corrected chi connectivity index (χ3v) is 4.19. The van der Waals surface area contributed by atoms with Crippen LogP contribution in [-0.4, -0.2) is 23.3 Å². The summed E-state index contributed by atoms with van der Waals surface area (Å²) in [5.74, 6) is -0.111. The van der Waals surface area contributed by atoms with Crippen molar-refractivity contribution in [1.82, 2.24) is 4.90 Å². The predicted molar refractivity (Wildman–Crippen MR) is 101 cm³/mol. The van der Waals surface area contributed by atoms with Crippen molar-refractivity contribution in [2.45, 2.75) is 40.2 Å². The summed E-state index contributed by atoms with van der Waals surface area (Å²) in [6.45, 7) is 6.59. The lowest BCUT2D eigenvalue weighted by atomic mass is 10.1. The molecule has 0 saturated heterocycles. The molecule has 25 heavy (non-hydrogen) atoms. The van der Waals surface area contributed by atoms with E-state index < -0.39 is 0 Å². The third kappa shape index (κ3) is 6.07. The van der Waals surface area contributed by atoms with E-state index in [9.17, 15) is 9.59 Å². The third-order valence-electron chi connectivity index (χ3n) is 4.19. The molecule has 0 aromatic heterocycles. The highest BCUT2D eigenvalue weighted by Gasteiger charge is 2.12. The Labute approximate surface area is 149 Å². The van der Waals surface area contributed by atoms with Crippen molar-refractivity contribution >= 4 is 17.5 Å². The maximum Gasteiger partial charge on any atom is 0.226 e. The molecule has 0 fully saturated rings. The van der Waals surface area contributed by atoms with Crippen LogP contribution < -0.4 is 5.32 Å². The lowest BCUT2D eigenvalue weighted by Gasteiger charge is -2.21. The Morgan fingerprint density at radius 2 is 1.56 bits per heavy atom. The zero-order valence-electron chi connectivity index (χ0n) is 15.2. The van der Waals surface area contributed by atoms with E-state index in [1.54, 1.807) is 4.90 Å².